The molecule has 1 aromatic heterocycles. The van der Waals surface area contributed by atoms with Crippen LogP contribution in [0.4, 0.5) is 9.52 Å². The van der Waals surface area contributed by atoms with Crippen LogP contribution in [0.5, 0.6) is 0 Å². The van der Waals surface area contributed by atoms with Gasteiger partial charge in [-0.25, -0.2) is 9.37 Å². The average Bonchev–Trinajstić information content (AvgIpc) is 2.92. The van der Waals surface area contributed by atoms with Gasteiger partial charge in [0.05, 0.1) is 10.2 Å². The molecule has 0 spiro atoms. The highest BCUT2D eigenvalue weighted by molar-refractivity contribution is 9.10. The molecule has 2 heterocycles. The highest BCUT2D eigenvalue weighted by atomic mass is 79.9. The number of carbonyl (C=O) groups excluding carboxylic acids is 1. The van der Waals surface area contributed by atoms with Gasteiger partial charge >= 0.3 is 0 Å². The van der Waals surface area contributed by atoms with Crippen LogP contribution < -0.4 is 4.90 Å². The van der Waals surface area contributed by atoms with E-state index in [1.54, 1.807) is 4.90 Å². The monoisotopic (exact) mass is 360 g/mol. The minimum Gasteiger partial charge on any atom is -0.288 e. The van der Waals surface area contributed by atoms with E-state index in [2.05, 4.69) is 33.5 Å². The number of thiazole rings is 1. The fourth-order valence-electron chi connectivity index (χ4n) is 2.15. The second kappa shape index (κ2) is 5.03. The maximum atomic E-state index is 13.3. The van der Waals surface area contributed by atoms with E-state index in [0.717, 1.165) is 4.70 Å². The topological polar surface area (TPSA) is 33.2 Å². The summed E-state index contributed by atoms with van der Waals surface area (Å²) >= 11 is 8.87. The summed E-state index contributed by atoms with van der Waals surface area (Å²) in [6, 6.07) is 2.83. The lowest BCUT2D eigenvalue weighted by molar-refractivity contribution is -0.117. The first-order valence-electron chi connectivity index (χ1n) is 5.75. The molecule has 0 saturated carbocycles. The minimum absolute atomic E-state index is 0.0645. The van der Waals surface area contributed by atoms with E-state index in [4.69, 9.17) is 0 Å². The summed E-state index contributed by atoms with van der Waals surface area (Å²) in [6.45, 7) is 0.641. The zero-order chi connectivity index (χ0) is 13.6. The lowest BCUT2D eigenvalue weighted by Crippen LogP contribution is -2.24. The van der Waals surface area contributed by atoms with Crippen LogP contribution in [-0.4, -0.2) is 23.2 Å². The number of nitrogens with zero attached hydrogens (tertiary/aromatic N) is 2. The summed E-state index contributed by atoms with van der Waals surface area (Å²) in [7, 11) is 0. The van der Waals surface area contributed by atoms with Crippen molar-refractivity contribution in [3.63, 3.8) is 0 Å². The number of thiol groups is 1. The standard InChI is InChI=1S/C12H10BrFN2OS2/c13-8-2-7(14)3-9-11(8)15-12(19-9)16-4-6(5-18)1-10(16)17/h2-3,6,18H,1,4-5H2. The van der Waals surface area contributed by atoms with Gasteiger partial charge in [0, 0.05) is 17.4 Å². The van der Waals surface area contributed by atoms with E-state index in [1.807, 2.05) is 0 Å². The smallest absolute Gasteiger partial charge is 0.229 e. The van der Waals surface area contributed by atoms with Gasteiger partial charge < -0.3 is 0 Å². The molecule has 1 aromatic carbocycles. The first kappa shape index (κ1) is 13.3. The number of hydrogen-bond acceptors (Lipinski definition) is 4. The van der Waals surface area contributed by atoms with Gasteiger partial charge in [0.2, 0.25) is 5.91 Å². The van der Waals surface area contributed by atoms with Crippen LogP contribution in [0.2, 0.25) is 0 Å². The Balaban J connectivity index is 2.02. The van der Waals surface area contributed by atoms with Gasteiger partial charge in [-0.2, -0.15) is 12.6 Å². The lowest BCUT2D eigenvalue weighted by Gasteiger charge is -2.11. The number of hydrogen-bond donors (Lipinski definition) is 1. The van der Waals surface area contributed by atoms with E-state index >= 15 is 0 Å². The molecule has 0 N–H and O–H groups in total. The van der Waals surface area contributed by atoms with Crippen molar-refractivity contribution in [3.8, 4) is 0 Å². The molecule has 3 rings (SSSR count). The Morgan fingerprint density at radius 2 is 2.37 bits per heavy atom. The highest BCUT2D eigenvalue weighted by Gasteiger charge is 2.31. The Hall–Kier alpha value is -0.660. The van der Waals surface area contributed by atoms with Gasteiger partial charge in [0.1, 0.15) is 5.82 Å². The number of anilines is 1. The predicted octanol–water partition coefficient (Wildman–Crippen LogP) is 3.48. The summed E-state index contributed by atoms with van der Waals surface area (Å²) < 4.78 is 14.7. The van der Waals surface area contributed by atoms with Crippen LogP contribution >= 0.6 is 39.9 Å². The zero-order valence-electron chi connectivity index (χ0n) is 9.77. The van der Waals surface area contributed by atoms with Crippen LogP contribution in [0.15, 0.2) is 16.6 Å². The molecule has 19 heavy (non-hydrogen) atoms. The molecule has 1 amide bonds. The Bertz CT molecular complexity index is 660. The van der Waals surface area contributed by atoms with E-state index in [0.29, 0.717) is 33.8 Å². The third-order valence-corrected chi connectivity index (χ3v) is 5.24. The van der Waals surface area contributed by atoms with E-state index in [9.17, 15) is 9.18 Å². The molecule has 0 radical (unpaired) electrons. The van der Waals surface area contributed by atoms with Gasteiger partial charge in [-0.05, 0) is 39.7 Å². The zero-order valence-corrected chi connectivity index (χ0v) is 13.1. The summed E-state index contributed by atoms with van der Waals surface area (Å²) in [5.74, 6) is 0.708. The van der Waals surface area contributed by atoms with Crippen LogP contribution in [0.3, 0.4) is 0 Å². The van der Waals surface area contributed by atoms with Crippen LogP contribution in [0.25, 0.3) is 10.2 Å². The fraction of sp³-hybridized carbons (Fsp3) is 0.333. The summed E-state index contributed by atoms with van der Waals surface area (Å²) in [6.07, 6.45) is 0.509. The molecular formula is C12H10BrFN2OS2. The highest BCUT2D eigenvalue weighted by Crippen LogP contribution is 2.36. The normalized spacial score (nSPS) is 19.6. The SMILES string of the molecule is O=C1CC(CS)CN1c1nc2c(Br)cc(F)cc2s1. The predicted molar refractivity (Wildman–Crippen MR) is 81.6 cm³/mol. The van der Waals surface area contributed by atoms with Crippen molar-refractivity contribution >= 4 is 61.2 Å². The molecule has 0 aliphatic carbocycles. The number of benzene rings is 1. The number of carbonyl (C=O) groups is 1. The van der Waals surface area contributed by atoms with E-state index in [-0.39, 0.29) is 17.6 Å². The summed E-state index contributed by atoms with van der Waals surface area (Å²) in [5, 5.41) is 0.635. The molecular weight excluding hydrogens is 351 g/mol. The Morgan fingerprint density at radius 3 is 3.05 bits per heavy atom. The quantitative estimate of drug-likeness (QED) is 0.831. The van der Waals surface area contributed by atoms with Gasteiger partial charge in [-0.1, -0.05) is 11.3 Å². The van der Waals surface area contributed by atoms with Gasteiger partial charge in [-0.3, -0.25) is 9.69 Å². The minimum atomic E-state index is -0.310. The first-order valence-corrected chi connectivity index (χ1v) is 7.99. The largest absolute Gasteiger partial charge is 0.288 e. The Kier molecular flexibility index (Phi) is 3.53. The third-order valence-electron chi connectivity index (χ3n) is 3.10. The Morgan fingerprint density at radius 1 is 1.58 bits per heavy atom. The molecule has 2 aromatic rings. The van der Waals surface area contributed by atoms with Crippen molar-refractivity contribution in [1.82, 2.24) is 4.98 Å². The molecule has 1 aliphatic heterocycles. The summed E-state index contributed by atoms with van der Waals surface area (Å²) in [5.41, 5.74) is 0.698. The van der Waals surface area contributed by atoms with Crippen LogP contribution in [-0.2, 0) is 4.79 Å². The molecule has 0 bridgehead atoms. The maximum Gasteiger partial charge on any atom is 0.229 e. The first-order chi connectivity index (χ1) is 9.08. The fourth-order valence-corrected chi connectivity index (χ4v) is 4.09. The second-order valence-electron chi connectivity index (χ2n) is 4.49. The van der Waals surface area contributed by atoms with Crippen molar-refractivity contribution in [1.29, 1.82) is 0 Å². The summed E-state index contributed by atoms with van der Waals surface area (Å²) in [4.78, 5) is 18.1. The Labute approximate surface area is 127 Å². The van der Waals surface area contributed by atoms with Crippen molar-refractivity contribution in [2.75, 3.05) is 17.2 Å². The van der Waals surface area contributed by atoms with Crippen molar-refractivity contribution in [3.05, 3.63) is 22.4 Å². The van der Waals surface area contributed by atoms with E-state index in [1.165, 1.54) is 23.5 Å². The van der Waals surface area contributed by atoms with Gasteiger partial charge in [0.15, 0.2) is 5.13 Å². The molecule has 1 atom stereocenters. The average molecular weight is 361 g/mol. The lowest BCUT2D eigenvalue weighted by atomic mass is 10.1. The van der Waals surface area contributed by atoms with Crippen molar-refractivity contribution in [2.45, 2.75) is 6.42 Å². The van der Waals surface area contributed by atoms with E-state index < -0.39 is 0 Å². The van der Waals surface area contributed by atoms with Crippen LogP contribution in [0.1, 0.15) is 6.42 Å². The number of fused-ring (bicyclic) bond motifs is 1. The number of halogens is 2. The van der Waals surface area contributed by atoms with Crippen molar-refractivity contribution < 1.29 is 9.18 Å². The van der Waals surface area contributed by atoms with Crippen molar-refractivity contribution in [2.24, 2.45) is 5.92 Å². The second-order valence-corrected chi connectivity index (χ2v) is 6.72. The molecule has 3 nitrogen and oxygen atoms in total. The molecule has 7 heteroatoms. The number of aromatic nitrogens is 1. The third kappa shape index (κ3) is 2.39. The number of rotatable bonds is 2. The van der Waals surface area contributed by atoms with Gasteiger partial charge in [0.25, 0.3) is 0 Å². The molecule has 1 aliphatic rings. The maximum absolute atomic E-state index is 13.3. The molecule has 1 saturated heterocycles. The number of amides is 1. The molecule has 100 valence electrons. The van der Waals surface area contributed by atoms with Gasteiger partial charge in [-0.15, -0.1) is 0 Å². The molecule has 1 fully saturated rings. The molecule has 1 unspecified atom stereocenters. The van der Waals surface area contributed by atoms with Crippen LogP contribution in [0, 0.1) is 11.7 Å².